The molecule has 0 atom stereocenters. The number of benzene rings is 4. The first kappa shape index (κ1) is 24.9. The second-order valence-electron chi connectivity index (χ2n) is 9.08. The molecular weight excluding hydrogens is 533 g/mol. The highest BCUT2D eigenvalue weighted by Gasteiger charge is 2.29. The Kier molecular flexibility index (Phi) is 6.65. The van der Waals surface area contributed by atoms with Gasteiger partial charge in [0.2, 0.25) is 0 Å². The average molecular weight is 554 g/mol. The SMILES string of the molecule is O=C(NNC(=O)c1c(Cl)nc2ccc(Cl)cc2c1-c1ccccc1)OCC1c2ccccc2-c2ccccc21. The van der Waals surface area contributed by atoms with E-state index in [2.05, 4.69) is 28.0 Å². The molecule has 1 aromatic heterocycles. The van der Waals surface area contributed by atoms with Gasteiger partial charge in [-0.3, -0.25) is 10.2 Å². The molecule has 0 radical (unpaired) electrons. The Morgan fingerprint density at radius 2 is 1.44 bits per heavy atom. The molecular formula is C31H21Cl2N3O3. The van der Waals surface area contributed by atoms with Crippen LogP contribution in [0.3, 0.4) is 0 Å². The van der Waals surface area contributed by atoms with Gasteiger partial charge in [-0.2, -0.15) is 0 Å². The molecule has 5 aromatic rings. The number of amides is 2. The molecule has 4 aromatic carbocycles. The predicted molar refractivity (Wildman–Crippen MR) is 153 cm³/mol. The van der Waals surface area contributed by atoms with Gasteiger partial charge in [-0.1, -0.05) is 102 Å². The van der Waals surface area contributed by atoms with Crippen LogP contribution in [0.25, 0.3) is 33.2 Å². The van der Waals surface area contributed by atoms with Crippen molar-refractivity contribution in [3.8, 4) is 22.3 Å². The van der Waals surface area contributed by atoms with E-state index < -0.39 is 12.0 Å². The van der Waals surface area contributed by atoms with Crippen molar-refractivity contribution in [1.29, 1.82) is 0 Å². The van der Waals surface area contributed by atoms with Gasteiger partial charge in [0.1, 0.15) is 11.8 Å². The van der Waals surface area contributed by atoms with Crippen LogP contribution < -0.4 is 10.9 Å². The molecule has 0 aliphatic heterocycles. The highest BCUT2D eigenvalue weighted by Crippen LogP contribution is 2.44. The van der Waals surface area contributed by atoms with Crippen LogP contribution in [0.15, 0.2) is 97.1 Å². The lowest BCUT2D eigenvalue weighted by Gasteiger charge is -2.17. The molecule has 1 heterocycles. The monoisotopic (exact) mass is 553 g/mol. The number of hydrazine groups is 1. The van der Waals surface area contributed by atoms with E-state index in [0.717, 1.165) is 27.8 Å². The van der Waals surface area contributed by atoms with Crippen molar-refractivity contribution in [1.82, 2.24) is 15.8 Å². The molecule has 39 heavy (non-hydrogen) atoms. The highest BCUT2D eigenvalue weighted by molar-refractivity contribution is 6.35. The fraction of sp³-hybridized carbons (Fsp3) is 0.0645. The number of hydrogen-bond acceptors (Lipinski definition) is 4. The van der Waals surface area contributed by atoms with E-state index in [1.807, 2.05) is 66.7 Å². The zero-order chi connectivity index (χ0) is 26.9. The lowest BCUT2D eigenvalue weighted by molar-refractivity contribution is 0.0908. The Balaban J connectivity index is 1.22. The molecule has 0 bridgehead atoms. The van der Waals surface area contributed by atoms with Crippen molar-refractivity contribution in [3.63, 3.8) is 0 Å². The van der Waals surface area contributed by atoms with Gasteiger partial charge < -0.3 is 4.74 Å². The number of pyridine rings is 1. The molecule has 192 valence electrons. The third kappa shape index (κ3) is 4.69. The summed E-state index contributed by atoms with van der Waals surface area (Å²) < 4.78 is 5.53. The number of nitrogens with zero attached hydrogens (tertiary/aromatic N) is 1. The van der Waals surface area contributed by atoms with E-state index >= 15 is 0 Å². The maximum absolute atomic E-state index is 13.3. The van der Waals surface area contributed by atoms with E-state index in [-0.39, 0.29) is 23.2 Å². The predicted octanol–water partition coefficient (Wildman–Crippen LogP) is 7.39. The van der Waals surface area contributed by atoms with Crippen LogP contribution >= 0.6 is 23.2 Å². The number of ether oxygens (including phenoxy) is 1. The van der Waals surface area contributed by atoms with Gasteiger partial charge in [0.25, 0.3) is 5.91 Å². The van der Waals surface area contributed by atoms with Crippen molar-refractivity contribution in [2.75, 3.05) is 6.61 Å². The zero-order valence-electron chi connectivity index (χ0n) is 20.4. The Hall–Kier alpha value is -4.39. The fourth-order valence-corrected chi connectivity index (χ4v) is 5.57. The number of rotatable bonds is 4. The highest BCUT2D eigenvalue weighted by atomic mass is 35.5. The zero-order valence-corrected chi connectivity index (χ0v) is 22.0. The summed E-state index contributed by atoms with van der Waals surface area (Å²) in [5.74, 6) is -0.742. The van der Waals surface area contributed by atoms with E-state index in [0.29, 0.717) is 21.5 Å². The third-order valence-electron chi connectivity index (χ3n) is 6.81. The molecule has 0 unspecified atom stereocenters. The largest absolute Gasteiger partial charge is 0.447 e. The van der Waals surface area contributed by atoms with Crippen LogP contribution in [0.1, 0.15) is 27.4 Å². The van der Waals surface area contributed by atoms with Crippen molar-refractivity contribution < 1.29 is 14.3 Å². The Bertz CT molecular complexity index is 1700. The number of aromatic nitrogens is 1. The first-order valence-electron chi connectivity index (χ1n) is 12.3. The van der Waals surface area contributed by atoms with Crippen LogP contribution in [-0.2, 0) is 4.74 Å². The molecule has 0 saturated heterocycles. The smallest absolute Gasteiger partial charge is 0.426 e. The summed E-state index contributed by atoms with van der Waals surface area (Å²) in [5.41, 5.74) is 11.2. The summed E-state index contributed by atoms with van der Waals surface area (Å²) in [7, 11) is 0. The lowest BCUT2D eigenvalue weighted by Crippen LogP contribution is -2.42. The van der Waals surface area contributed by atoms with Gasteiger partial charge >= 0.3 is 6.09 Å². The maximum atomic E-state index is 13.3. The Morgan fingerprint density at radius 3 is 2.13 bits per heavy atom. The van der Waals surface area contributed by atoms with Gasteiger partial charge in [-0.05, 0) is 46.0 Å². The molecule has 6 nitrogen and oxygen atoms in total. The first-order valence-corrected chi connectivity index (χ1v) is 13.0. The standard InChI is InChI=1S/C31H21Cl2N3O3/c32-19-14-15-26-24(16-19)27(18-8-2-1-3-9-18)28(29(33)34-26)30(37)35-36-31(38)39-17-25-22-12-6-4-10-20(22)21-11-5-7-13-23(21)25/h1-16,25H,17H2,(H,35,37)(H,36,38). The minimum absolute atomic E-state index is 0.00416. The molecule has 1 aliphatic carbocycles. The summed E-state index contributed by atoms with van der Waals surface area (Å²) >= 11 is 12.8. The summed E-state index contributed by atoms with van der Waals surface area (Å²) in [6, 6.07) is 30.6. The van der Waals surface area contributed by atoms with Gasteiger partial charge in [-0.25, -0.2) is 15.2 Å². The molecule has 0 saturated carbocycles. The van der Waals surface area contributed by atoms with E-state index in [1.165, 1.54) is 0 Å². The summed E-state index contributed by atoms with van der Waals surface area (Å²) in [4.78, 5) is 30.4. The third-order valence-corrected chi connectivity index (χ3v) is 7.32. The molecule has 8 heteroatoms. The molecule has 2 amide bonds. The minimum atomic E-state index is -0.792. The molecule has 2 N–H and O–H groups in total. The van der Waals surface area contributed by atoms with Crippen LogP contribution in [-0.4, -0.2) is 23.6 Å². The van der Waals surface area contributed by atoms with E-state index in [9.17, 15) is 9.59 Å². The summed E-state index contributed by atoms with van der Waals surface area (Å²) in [6.07, 6.45) is -0.792. The molecule has 0 spiro atoms. The van der Waals surface area contributed by atoms with Gasteiger partial charge in [-0.15, -0.1) is 0 Å². The molecule has 6 rings (SSSR count). The van der Waals surface area contributed by atoms with Crippen molar-refractivity contribution in [2.45, 2.75) is 5.92 Å². The van der Waals surface area contributed by atoms with Gasteiger partial charge in [0.15, 0.2) is 0 Å². The fourth-order valence-electron chi connectivity index (χ4n) is 5.12. The van der Waals surface area contributed by atoms with Crippen LogP contribution in [0.4, 0.5) is 4.79 Å². The van der Waals surface area contributed by atoms with Crippen molar-refractivity contribution >= 4 is 46.1 Å². The van der Waals surface area contributed by atoms with Crippen LogP contribution in [0.5, 0.6) is 0 Å². The van der Waals surface area contributed by atoms with E-state index in [4.69, 9.17) is 27.9 Å². The Labute approximate surface area is 234 Å². The first-order chi connectivity index (χ1) is 19.0. The van der Waals surface area contributed by atoms with Gasteiger partial charge in [0, 0.05) is 21.9 Å². The lowest BCUT2D eigenvalue weighted by atomic mass is 9.96. The average Bonchev–Trinajstić information content (AvgIpc) is 3.28. The van der Waals surface area contributed by atoms with Crippen molar-refractivity contribution in [2.24, 2.45) is 0 Å². The van der Waals surface area contributed by atoms with Crippen LogP contribution in [0, 0.1) is 0 Å². The van der Waals surface area contributed by atoms with Crippen LogP contribution in [0.2, 0.25) is 10.2 Å². The maximum Gasteiger partial charge on any atom is 0.426 e. The number of nitrogens with one attached hydrogen (secondary N) is 2. The number of halogens is 2. The number of hydrogen-bond donors (Lipinski definition) is 2. The topological polar surface area (TPSA) is 80.3 Å². The molecule has 1 aliphatic rings. The summed E-state index contributed by atoms with van der Waals surface area (Å²) in [5, 5.41) is 1.15. The summed E-state index contributed by atoms with van der Waals surface area (Å²) in [6.45, 7) is 0.113. The Morgan fingerprint density at radius 1 is 0.795 bits per heavy atom. The van der Waals surface area contributed by atoms with Gasteiger partial charge in [0.05, 0.1) is 11.1 Å². The number of carbonyl (C=O) groups is 2. The second kappa shape index (κ2) is 10.4. The second-order valence-corrected chi connectivity index (χ2v) is 9.88. The minimum Gasteiger partial charge on any atom is -0.447 e. The number of fused-ring (bicyclic) bond motifs is 4. The normalized spacial score (nSPS) is 12.1. The quantitative estimate of drug-likeness (QED) is 0.179. The van der Waals surface area contributed by atoms with Crippen molar-refractivity contribution in [3.05, 3.63) is 124 Å². The molecule has 0 fully saturated rings. The number of carbonyl (C=O) groups excluding carboxylic acids is 2. The van der Waals surface area contributed by atoms with E-state index in [1.54, 1.807) is 18.2 Å².